The number of benzene rings is 1. The molecule has 3 nitrogen and oxygen atoms in total. The van der Waals surface area contributed by atoms with Crippen molar-refractivity contribution in [1.82, 2.24) is 0 Å². The fraction of sp³-hybridized carbons (Fsp3) is 0.533. The molecule has 1 N–H and O–H groups in total. The Kier molecular flexibility index (Phi) is 7.10. The molecule has 0 radical (unpaired) electrons. The van der Waals surface area contributed by atoms with Gasteiger partial charge in [-0.1, -0.05) is 48.0 Å². The molecule has 0 aliphatic heterocycles. The van der Waals surface area contributed by atoms with Gasteiger partial charge in [-0.15, -0.1) is 0 Å². The topological polar surface area (TPSA) is 46.5 Å². The molecule has 0 amide bonds. The quantitative estimate of drug-likeness (QED) is 0.731. The van der Waals surface area contributed by atoms with Gasteiger partial charge in [-0.3, -0.25) is 4.79 Å². The maximum atomic E-state index is 11.3. The van der Waals surface area contributed by atoms with Crippen molar-refractivity contribution in [3.05, 3.63) is 34.3 Å². The molecule has 1 atom stereocenters. The van der Waals surface area contributed by atoms with Crippen LogP contribution in [-0.4, -0.2) is 24.3 Å². The number of carboxylic acids is 1. The van der Waals surface area contributed by atoms with E-state index < -0.39 is 11.9 Å². The minimum absolute atomic E-state index is 0.477. The number of carbonyl (C=O) groups is 1. The third-order valence-corrected chi connectivity index (χ3v) is 3.69. The number of hydrogen-bond donors (Lipinski definition) is 1. The fourth-order valence-corrected chi connectivity index (χ4v) is 2.35. The van der Waals surface area contributed by atoms with Crippen LogP contribution < -0.4 is 0 Å². The molecular weight excluding hydrogens is 308 g/mol. The highest BCUT2D eigenvalue weighted by Gasteiger charge is 2.21. The standard InChI is InChI=1S/C15H21BrO3/c1-11(2)7-9-19-10-8-13(15(17)18)12-5-3-4-6-14(12)16/h3-6,11,13H,7-10H2,1-2H3,(H,17,18). The minimum atomic E-state index is -0.806. The Morgan fingerprint density at radius 1 is 1.26 bits per heavy atom. The number of hydrogen-bond acceptors (Lipinski definition) is 2. The molecule has 1 aromatic rings. The third-order valence-electron chi connectivity index (χ3n) is 2.97. The number of carboxylic acid groups (broad SMARTS) is 1. The van der Waals surface area contributed by atoms with Crippen molar-refractivity contribution in [2.45, 2.75) is 32.6 Å². The number of ether oxygens (including phenoxy) is 1. The van der Waals surface area contributed by atoms with Gasteiger partial charge < -0.3 is 9.84 Å². The Bertz CT molecular complexity index is 404. The maximum Gasteiger partial charge on any atom is 0.311 e. The van der Waals surface area contributed by atoms with Gasteiger partial charge in [0.05, 0.1) is 5.92 Å². The van der Waals surface area contributed by atoms with Gasteiger partial charge in [-0.25, -0.2) is 0 Å². The second-order valence-corrected chi connectivity index (χ2v) is 5.85. The molecule has 1 rings (SSSR count). The van der Waals surface area contributed by atoms with E-state index in [0.29, 0.717) is 25.6 Å². The number of aliphatic carboxylic acids is 1. The molecule has 4 heteroatoms. The fourth-order valence-electron chi connectivity index (χ4n) is 1.79. The van der Waals surface area contributed by atoms with Gasteiger partial charge in [0.15, 0.2) is 0 Å². The molecule has 0 spiro atoms. The van der Waals surface area contributed by atoms with Crippen molar-refractivity contribution < 1.29 is 14.6 Å². The van der Waals surface area contributed by atoms with Crippen molar-refractivity contribution in [3.63, 3.8) is 0 Å². The highest BCUT2D eigenvalue weighted by molar-refractivity contribution is 9.10. The summed E-state index contributed by atoms with van der Waals surface area (Å²) < 4.78 is 6.35. The second-order valence-electron chi connectivity index (χ2n) is 5.00. The van der Waals surface area contributed by atoms with E-state index in [-0.39, 0.29) is 0 Å². The lowest BCUT2D eigenvalue weighted by Crippen LogP contribution is -2.15. The Morgan fingerprint density at radius 3 is 2.47 bits per heavy atom. The second kappa shape index (κ2) is 8.33. The van der Waals surface area contributed by atoms with Crippen LogP contribution in [0.5, 0.6) is 0 Å². The van der Waals surface area contributed by atoms with Gasteiger partial charge in [0.2, 0.25) is 0 Å². The van der Waals surface area contributed by atoms with Crippen LogP contribution in [-0.2, 0) is 9.53 Å². The first-order valence-corrected chi connectivity index (χ1v) is 7.36. The van der Waals surface area contributed by atoms with E-state index in [9.17, 15) is 9.90 Å². The summed E-state index contributed by atoms with van der Waals surface area (Å²) >= 11 is 3.40. The van der Waals surface area contributed by atoms with Gasteiger partial charge in [-0.05, 0) is 30.4 Å². The lowest BCUT2D eigenvalue weighted by atomic mass is 9.96. The predicted molar refractivity (Wildman–Crippen MR) is 79.4 cm³/mol. The summed E-state index contributed by atoms with van der Waals surface area (Å²) in [6, 6.07) is 7.45. The molecule has 0 heterocycles. The Hall–Kier alpha value is -0.870. The number of rotatable bonds is 8. The Morgan fingerprint density at radius 2 is 1.89 bits per heavy atom. The Labute approximate surface area is 123 Å². The van der Waals surface area contributed by atoms with E-state index >= 15 is 0 Å². The maximum absolute atomic E-state index is 11.3. The van der Waals surface area contributed by atoms with Gasteiger partial charge >= 0.3 is 5.97 Å². The summed E-state index contributed by atoms with van der Waals surface area (Å²) in [5.41, 5.74) is 0.808. The van der Waals surface area contributed by atoms with E-state index in [4.69, 9.17) is 4.74 Å². The summed E-state index contributed by atoms with van der Waals surface area (Å²) in [6.45, 7) is 5.46. The summed E-state index contributed by atoms with van der Waals surface area (Å²) in [5, 5.41) is 9.32. The molecule has 0 bridgehead atoms. The third kappa shape index (κ3) is 5.74. The van der Waals surface area contributed by atoms with Crippen LogP contribution in [0.25, 0.3) is 0 Å². The first kappa shape index (κ1) is 16.2. The predicted octanol–water partition coefficient (Wildman–Crippen LogP) is 4.07. The number of halogens is 1. The van der Waals surface area contributed by atoms with Gasteiger partial charge in [-0.2, -0.15) is 0 Å². The zero-order valence-electron chi connectivity index (χ0n) is 11.4. The zero-order valence-corrected chi connectivity index (χ0v) is 13.0. The van der Waals surface area contributed by atoms with Crippen molar-refractivity contribution in [2.75, 3.05) is 13.2 Å². The minimum Gasteiger partial charge on any atom is -0.481 e. The molecule has 0 fully saturated rings. The molecule has 0 aromatic heterocycles. The molecule has 0 saturated carbocycles. The Balaban J connectivity index is 2.51. The van der Waals surface area contributed by atoms with Crippen LogP contribution in [0.3, 0.4) is 0 Å². The highest BCUT2D eigenvalue weighted by atomic mass is 79.9. The lowest BCUT2D eigenvalue weighted by molar-refractivity contribution is -0.139. The summed E-state index contributed by atoms with van der Waals surface area (Å²) in [4.78, 5) is 11.3. The van der Waals surface area contributed by atoms with E-state index in [1.807, 2.05) is 24.3 Å². The molecule has 0 aliphatic carbocycles. The van der Waals surface area contributed by atoms with Crippen molar-refractivity contribution in [2.24, 2.45) is 5.92 Å². The van der Waals surface area contributed by atoms with Crippen LogP contribution in [0, 0.1) is 5.92 Å². The monoisotopic (exact) mass is 328 g/mol. The zero-order chi connectivity index (χ0) is 14.3. The van der Waals surface area contributed by atoms with E-state index in [2.05, 4.69) is 29.8 Å². The van der Waals surface area contributed by atoms with Crippen molar-refractivity contribution in [3.8, 4) is 0 Å². The van der Waals surface area contributed by atoms with Crippen LogP contribution in [0.2, 0.25) is 0 Å². The molecule has 0 aliphatic rings. The average Bonchev–Trinajstić information content (AvgIpc) is 2.34. The smallest absolute Gasteiger partial charge is 0.311 e. The molecule has 1 aromatic carbocycles. The molecule has 106 valence electrons. The summed E-state index contributed by atoms with van der Waals surface area (Å²) in [5.74, 6) is -0.715. The van der Waals surface area contributed by atoms with Crippen LogP contribution in [0.4, 0.5) is 0 Å². The molecule has 19 heavy (non-hydrogen) atoms. The molecular formula is C15H21BrO3. The van der Waals surface area contributed by atoms with Gasteiger partial charge in [0.25, 0.3) is 0 Å². The van der Waals surface area contributed by atoms with E-state index in [0.717, 1.165) is 16.5 Å². The van der Waals surface area contributed by atoms with Gasteiger partial charge in [0, 0.05) is 17.7 Å². The normalized spacial score (nSPS) is 12.6. The summed E-state index contributed by atoms with van der Waals surface area (Å²) in [7, 11) is 0. The van der Waals surface area contributed by atoms with E-state index in [1.165, 1.54) is 0 Å². The van der Waals surface area contributed by atoms with Crippen LogP contribution >= 0.6 is 15.9 Å². The SMILES string of the molecule is CC(C)CCOCCC(C(=O)O)c1ccccc1Br. The van der Waals surface area contributed by atoms with Crippen molar-refractivity contribution >= 4 is 21.9 Å². The average molecular weight is 329 g/mol. The first-order chi connectivity index (χ1) is 9.02. The summed E-state index contributed by atoms with van der Waals surface area (Å²) in [6.07, 6.45) is 1.50. The van der Waals surface area contributed by atoms with E-state index in [1.54, 1.807) is 0 Å². The highest BCUT2D eigenvalue weighted by Crippen LogP contribution is 2.27. The van der Waals surface area contributed by atoms with Crippen LogP contribution in [0.1, 0.15) is 38.2 Å². The lowest BCUT2D eigenvalue weighted by Gasteiger charge is -2.14. The van der Waals surface area contributed by atoms with Crippen LogP contribution in [0.15, 0.2) is 28.7 Å². The largest absolute Gasteiger partial charge is 0.481 e. The first-order valence-electron chi connectivity index (χ1n) is 6.57. The van der Waals surface area contributed by atoms with Crippen molar-refractivity contribution in [1.29, 1.82) is 0 Å². The molecule has 0 saturated heterocycles. The van der Waals surface area contributed by atoms with Gasteiger partial charge in [0.1, 0.15) is 0 Å². The molecule has 1 unspecified atom stereocenters.